The Bertz CT molecular complexity index is 1960. The fraction of sp³-hybridized carbons (Fsp3) is 0.250. The van der Waals surface area contributed by atoms with E-state index in [2.05, 4.69) is 20.2 Å². The molecule has 12 nitrogen and oxygen atoms in total. The fourth-order valence-electron chi connectivity index (χ4n) is 5.34. The van der Waals surface area contributed by atoms with Gasteiger partial charge in [0, 0.05) is 18.5 Å². The Hall–Kier alpha value is -5.61. The molecule has 1 heterocycles. The number of sulfonamides is 1. The second-order valence-corrected chi connectivity index (χ2v) is 13.6. The first kappa shape index (κ1) is 37.6. The number of hydrogen-bond donors (Lipinski definition) is 4. The number of hydrogen-bond acceptors (Lipinski definition) is 9. The number of benzene rings is 4. The summed E-state index contributed by atoms with van der Waals surface area (Å²) in [5.74, 6) is -4.37. The summed E-state index contributed by atoms with van der Waals surface area (Å²) < 4.78 is 75.5. The average Bonchev–Trinajstić information content (AvgIpc) is 3.13. The molecule has 0 unspecified atom stereocenters. The molecule has 4 aromatic rings. The number of para-hydroxylation sites is 3. The van der Waals surface area contributed by atoms with Gasteiger partial charge in [0.1, 0.15) is 11.5 Å². The molecule has 0 radical (unpaired) electrons. The lowest BCUT2D eigenvalue weighted by Gasteiger charge is -2.30. The van der Waals surface area contributed by atoms with Crippen molar-refractivity contribution in [3.05, 3.63) is 114 Å². The lowest BCUT2D eigenvalue weighted by atomic mass is 9.97. The van der Waals surface area contributed by atoms with Crippen LogP contribution in [-0.4, -0.2) is 68.2 Å². The van der Waals surface area contributed by atoms with E-state index in [-0.39, 0.29) is 45.2 Å². The smallest absolute Gasteiger partial charge is 0.493 e. The summed E-state index contributed by atoms with van der Waals surface area (Å²) in [4.78, 5) is 43.9. The first-order valence-corrected chi connectivity index (χ1v) is 17.6. The van der Waals surface area contributed by atoms with Crippen molar-refractivity contribution in [2.45, 2.75) is 36.4 Å². The van der Waals surface area contributed by atoms with Crippen LogP contribution >= 0.6 is 0 Å². The van der Waals surface area contributed by atoms with Crippen molar-refractivity contribution < 1.29 is 50.7 Å². The molecule has 0 aliphatic carbocycles. The zero-order valence-corrected chi connectivity index (χ0v) is 28.3. The van der Waals surface area contributed by atoms with Gasteiger partial charge < -0.3 is 25.3 Å². The first-order valence-electron chi connectivity index (χ1n) is 16.1. The van der Waals surface area contributed by atoms with Crippen LogP contribution in [0.25, 0.3) is 0 Å². The lowest BCUT2D eigenvalue weighted by Crippen LogP contribution is -2.53. The zero-order valence-electron chi connectivity index (χ0n) is 27.5. The quantitative estimate of drug-likeness (QED) is 0.144. The van der Waals surface area contributed by atoms with E-state index in [1.807, 2.05) is 0 Å². The summed E-state index contributed by atoms with van der Waals surface area (Å²) in [6.07, 6.45) is -4.48. The summed E-state index contributed by atoms with van der Waals surface area (Å²) in [5.41, 5.74) is 0.0395. The second kappa shape index (κ2) is 16.6. The Morgan fingerprint density at radius 1 is 0.885 bits per heavy atom. The second-order valence-electron chi connectivity index (χ2n) is 11.9. The molecule has 0 spiro atoms. The van der Waals surface area contributed by atoms with Crippen molar-refractivity contribution >= 4 is 33.5 Å². The molecule has 16 heteroatoms. The number of hydroxylamine groups is 2. The molecule has 274 valence electrons. The molecule has 0 bridgehead atoms. The van der Waals surface area contributed by atoms with Crippen LogP contribution in [0.2, 0.25) is 0 Å². The number of halogens is 3. The molecular formula is C36H35F3N4O8S. The number of aromatic hydroxyl groups is 1. The minimum atomic E-state index is -5.53. The number of amides is 2. The third-order valence-corrected chi connectivity index (χ3v) is 9.48. The van der Waals surface area contributed by atoms with E-state index in [1.165, 1.54) is 30.3 Å². The maximum atomic E-state index is 13.8. The number of phenols is 1. The lowest BCUT2D eigenvalue weighted by molar-refractivity contribution is -0.233. The van der Waals surface area contributed by atoms with Gasteiger partial charge >= 0.3 is 12.1 Å². The zero-order chi connectivity index (χ0) is 37.3. The van der Waals surface area contributed by atoms with Gasteiger partial charge in [-0.2, -0.15) is 18.2 Å². The molecule has 0 saturated carbocycles. The van der Waals surface area contributed by atoms with Crippen LogP contribution in [0.4, 0.5) is 18.9 Å². The number of carbonyl (C=O) groups excluding carboxylic acids is 3. The van der Waals surface area contributed by atoms with Gasteiger partial charge in [-0.3, -0.25) is 14.3 Å². The van der Waals surface area contributed by atoms with Crippen molar-refractivity contribution in [2.24, 2.45) is 5.92 Å². The van der Waals surface area contributed by atoms with E-state index in [1.54, 1.807) is 48.5 Å². The van der Waals surface area contributed by atoms with Gasteiger partial charge in [-0.25, -0.2) is 13.2 Å². The van der Waals surface area contributed by atoms with Crippen LogP contribution < -0.4 is 20.1 Å². The summed E-state index contributed by atoms with van der Waals surface area (Å²) in [7, 11) is -4.30. The summed E-state index contributed by atoms with van der Waals surface area (Å²) in [5, 5.41) is 15.6. The van der Waals surface area contributed by atoms with Gasteiger partial charge in [0.05, 0.1) is 10.6 Å². The molecule has 0 aromatic heterocycles. The Balaban J connectivity index is 1.42. The van der Waals surface area contributed by atoms with Crippen LogP contribution in [-0.2, 0) is 30.9 Å². The van der Waals surface area contributed by atoms with Crippen LogP contribution in [0.15, 0.2) is 108 Å². The standard InChI is InChI=1S/C36H35F3N4O8S/c37-36(38,39)35(47)51-43(31(22-24-10-14-27(44)15-11-24)33(45)41-23-25-18-20-40-21-19-25)34(46)26-12-16-29(17-13-26)52(48,49)42-30-8-4-5-9-32(30)50-28-6-2-1-3-7-28/h1-17,25,31,40,42,44H,18-23H2,(H,41,45)/t31-/m0/s1. The third kappa shape index (κ3) is 10.0. The highest BCUT2D eigenvalue weighted by Gasteiger charge is 2.46. The van der Waals surface area contributed by atoms with Crippen LogP contribution in [0, 0.1) is 5.92 Å². The predicted molar refractivity (Wildman–Crippen MR) is 183 cm³/mol. The molecule has 52 heavy (non-hydrogen) atoms. The van der Waals surface area contributed by atoms with E-state index < -0.39 is 46.4 Å². The first-order chi connectivity index (χ1) is 24.8. The van der Waals surface area contributed by atoms with Crippen molar-refractivity contribution in [3.63, 3.8) is 0 Å². The maximum Gasteiger partial charge on any atom is 0.493 e. The number of piperidine rings is 1. The molecule has 4 aromatic carbocycles. The van der Waals surface area contributed by atoms with Crippen molar-refractivity contribution in [2.75, 3.05) is 24.4 Å². The average molecular weight is 741 g/mol. The van der Waals surface area contributed by atoms with Crippen LogP contribution in [0.5, 0.6) is 17.2 Å². The predicted octanol–water partition coefficient (Wildman–Crippen LogP) is 5.18. The SMILES string of the molecule is O=C(NCC1CCNCC1)[C@H](Cc1ccc(O)cc1)N(OC(=O)C(F)(F)F)C(=O)c1ccc(S(=O)(=O)Nc2ccccc2Oc2ccccc2)cc1. The largest absolute Gasteiger partial charge is 0.508 e. The summed E-state index contributed by atoms with van der Waals surface area (Å²) in [6, 6.07) is 22.6. The highest BCUT2D eigenvalue weighted by molar-refractivity contribution is 7.92. The van der Waals surface area contributed by atoms with E-state index in [0.29, 0.717) is 24.4 Å². The highest BCUT2D eigenvalue weighted by Crippen LogP contribution is 2.31. The number of nitrogens with one attached hydrogen (secondary N) is 3. The monoisotopic (exact) mass is 740 g/mol. The van der Waals surface area contributed by atoms with E-state index in [0.717, 1.165) is 37.1 Å². The minimum absolute atomic E-state index is 0.0549. The van der Waals surface area contributed by atoms with Gasteiger partial charge in [-0.05, 0) is 98.1 Å². The number of phenolic OH excluding ortho intramolecular Hbond substituents is 1. The fourth-order valence-corrected chi connectivity index (χ4v) is 6.41. The number of ether oxygens (including phenoxy) is 1. The van der Waals surface area contributed by atoms with E-state index >= 15 is 0 Å². The Morgan fingerprint density at radius 3 is 2.17 bits per heavy atom. The van der Waals surface area contributed by atoms with Gasteiger partial charge in [-0.1, -0.05) is 42.5 Å². The van der Waals surface area contributed by atoms with Crippen molar-refractivity contribution in [1.29, 1.82) is 0 Å². The Morgan fingerprint density at radius 2 is 1.52 bits per heavy atom. The molecule has 1 atom stereocenters. The van der Waals surface area contributed by atoms with Crippen LogP contribution in [0.3, 0.4) is 0 Å². The molecule has 1 aliphatic heterocycles. The Labute approximate surface area is 297 Å². The van der Waals surface area contributed by atoms with Crippen molar-refractivity contribution in [1.82, 2.24) is 15.7 Å². The summed E-state index contributed by atoms with van der Waals surface area (Å²) >= 11 is 0. The molecule has 1 aliphatic rings. The third-order valence-electron chi connectivity index (χ3n) is 8.10. The number of alkyl halides is 3. The van der Waals surface area contributed by atoms with Gasteiger partial charge in [-0.15, -0.1) is 0 Å². The Kier molecular flexibility index (Phi) is 12.0. The minimum Gasteiger partial charge on any atom is -0.508 e. The van der Waals surface area contributed by atoms with Gasteiger partial charge in [0.2, 0.25) is 5.91 Å². The molecule has 1 fully saturated rings. The van der Waals surface area contributed by atoms with Crippen LogP contribution in [0.1, 0.15) is 28.8 Å². The highest BCUT2D eigenvalue weighted by atomic mass is 32.2. The normalized spacial score (nSPS) is 14.1. The number of carbonyl (C=O) groups is 3. The van der Waals surface area contributed by atoms with Gasteiger partial charge in [0.15, 0.2) is 11.8 Å². The molecule has 2 amide bonds. The van der Waals surface area contributed by atoms with Gasteiger partial charge in [0.25, 0.3) is 15.9 Å². The topological polar surface area (TPSA) is 163 Å². The van der Waals surface area contributed by atoms with E-state index in [4.69, 9.17) is 4.74 Å². The molecule has 1 saturated heterocycles. The maximum absolute atomic E-state index is 13.8. The number of nitrogens with zero attached hydrogens (tertiary/aromatic N) is 1. The molecule has 4 N–H and O–H groups in total. The molecule has 5 rings (SSSR count). The number of rotatable bonds is 12. The summed E-state index contributed by atoms with van der Waals surface area (Å²) in [6.45, 7) is 1.57. The molecular weight excluding hydrogens is 705 g/mol. The van der Waals surface area contributed by atoms with Crippen molar-refractivity contribution in [3.8, 4) is 17.2 Å². The number of anilines is 1. The van der Waals surface area contributed by atoms with E-state index in [9.17, 15) is 41.1 Å².